The number of aliphatic hydroxyl groups is 10. The molecule has 2 aliphatic heterocycles. The van der Waals surface area contributed by atoms with E-state index >= 15 is 0 Å². The molecule has 0 aromatic heterocycles. The quantitative estimate of drug-likeness (QED) is 0.0416. The molecular weight excluding hydrogens is 853 g/mol. The topological polar surface area (TPSA) is 445 Å². The van der Waals surface area contributed by atoms with E-state index in [1.165, 1.54) is 24.3 Å². The molecule has 0 radical (unpaired) electrons. The Hall–Kier alpha value is -2.58. The van der Waals surface area contributed by atoms with Gasteiger partial charge in [0.25, 0.3) is 11.6 Å². The summed E-state index contributed by atoms with van der Waals surface area (Å²) >= 11 is 10.7. The van der Waals surface area contributed by atoms with Gasteiger partial charge in [0.2, 0.25) is 5.91 Å². The van der Waals surface area contributed by atoms with E-state index in [9.17, 15) is 65.7 Å². The normalized spacial score (nSPS) is 36.0. The number of hydrogen-bond acceptors (Lipinski definition) is 22. The summed E-state index contributed by atoms with van der Waals surface area (Å²) in [6.07, 6.45) is -21.1. The summed E-state index contributed by atoms with van der Waals surface area (Å²) in [4.78, 5) is 32.5. The lowest BCUT2D eigenvalue weighted by Gasteiger charge is -2.49. The molecule has 18 atom stereocenters. The highest BCUT2D eigenvalue weighted by Crippen LogP contribution is 2.32. The smallest absolute Gasteiger partial charge is 0.269 e. The largest absolute Gasteiger partial charge is 0.394 e. The molecule has 25 nitrogen and oxygen atoms in total. The summed E-state index contributed by atoms with van der Waals surface area (Å²) in [5.74, 6) is -1.60. The molecular formula is C33H55Cl2N7O18. The second-order valence-electron chi connectivity index (χ2n) is 14.2. The van der Waals surface area contributed by atoms with Gasteiger partial charge >= 0.3 is 0 Å². The van der Waals surface area contributed by atoms with Crippen molar-refractivity contribution < 1.29 is 84.5 Å². The molecule has 2 saturated heterocycles. The number of aliphatic hydroxyl groups excluding tert-OH is 10. The molecule has 4 rings (SSSR count). The minimum absolute atomic E-state index is 0.0101. The minimum atomic E-state index is -1.76. The Balaban J connectivity index is 0.000000403. The lowest BCUT2D eigenvalue weighted by atomic mass is 9.83. The van der Waals surface area contributed by atoms with Gasteiger partial charge < -0.3 is 104 Å². The zero-order valence-electron chi connectivity index (χ0n) is 31.8. The third-order valence-electron chi connectivity index (χ3n) is 10.1. The highest BCUT2D eigenvalue weighted by molar-refractivity contribution is 6.53. The van der Waals surface area contributed by atoms with Crippen molar-refractivity contribution in [1.29, 1.82) is 0 Å². The van der Waals surface area contributed by atoms with Crippen LogP contribution in [-0.4, -0.2) is 203 Å². The van der Waals surface area contributed by atoms with Gasteiger partial charge in [-0.05, 0) is 37.1 Å². The van der Waals surface area contributed by atoms with Gasteiger partial charge in [0, 0.05) is 24.7 Å². The van der Waals surface area contributed by atoms with E-state index in [0.29, 0.717) is 5.56 Å². The van der Waals surface area contributed by atoms with Crippen LogP contribution in [0.25, 0.3) is 0 Å². The van der Waals surface area contributed by atoms with Crippen molar-refractivity contribution in [1.82, 2.24) is 10.6 Å². The summed E-state index contributed by atoms with van der Waals surface area (Å²) in [6.45, 7) is -1.45. The first-order valence-corrected chi connectivity index (χ1v) is 19.4. The van der Waals surface area contributed by atoms with Gasteiger partial charge in [-0.1, -0.05) is 23.2 Å². The predicted molar refractivity (Wildman–Crippen MR) is 204 cm³/mol. The number of amides is 2. The molecule has 344 valence electrons. The van der Waals surface area contributed by atoms with Crippen molar-refractivity contribution >= 4 is 40.7 Å². The number of alkyl halides is 2. The number of nitrogens with two attached hydrogens (primary N) is 4. The molecule has 2 amide bonds. The second-order valence-corrected chi connectivity index (χ2v) is 15.3. The summed E-state index contributed by atoms with van der Waals surface area (Å²) in [5.41, 5.74) is 23.2. The van der Waals surface area contributed by atoms with Gasteiger partial charge in [0.15, 0.2) is 17.4 Å². The first-order chi connectivity index (χ1) is 28.2. The van der Waals surface area contributed by atoms with Crippen LogP contribution in [0.4, 0.5) is 5.69 Å². The number of benzene rings is 1. The fourth-order valence-corrected chi connectivity index (χ4v) is 6.69. The van der Waals surface area contributed by atoms with Gasteiger partial charge in [-0.25, -0.2) is 0 Å². The van der Waals surface area contributed by atoms with E-state index in [-0.39, 0.29) is 31.6 Å². The molecule has 3 fully saturated rings. The fraction of sp³-hybridized carbons (Fsp3) is 0.758. The van der Waals surface area contributed by atoms with E-state index in [2.05, 4.69) is 10.6 Å². The number of nitro benzene ring substituents is 1. The van der Waals surface area contributed by atoms with Crippen molar-refractivity contribution in [2.45, 2.75) is 128 Å². The van der Waals surface area contributed by atoms with Crippen molar-refractivity contribution in [2.75, 3.05) is 26.3 Å². The number of hydrogen-bond donors (Lipinski definition) is 16. The minimum Gasteiger partial charge on any atom is -0.394 e. The van der Waals surface area contributed by atoms with Gasteiger partial charge in [-0.15, -0.1) is 0 Å². The van der Waals surface area contributed by atoms with E-state index in [4.69, 9.17) is 70.2 Å². The van der Waals surface area contributed by atoms with Crippen LogP contribution in [0.1, 0.15) is 24.5 Å². The summed E-state index contributed by atoms with van der Waals surface area (Å²) in [6, 6.07) is 0.599. The summed E-state index contributed by atoms with van der Waals surface area (Å²) in [5, 5.41) is 117. The average molecular weight is 909 g/mol. The maximum Gasteiger partial charge on any atom is 0.269 e. The monoisotopic (exact) mass is 907 g/mol. The third kappa shape index (κ3) is 13.0. The number of nitrogens with one attached hydrogen (secondary N) is 2. The molecule has 27 heteroatoms. The Kier molecular flexibility index (Phi) is 20.5. The van der Waals surface area contributed by atoms with Crippen LogP contribution in [-0.2, 0) is 28.5 Å². The SMILES string of the molecule is NCC[C@H](O)C(=O)N[C@@H]1C[C@H](N)[C@@H](O[C@H]2O[C@H](CN)[C@@H](O)[C@H](O)[C@H]2O)[C@H](O)[C@H]1O[C@H]1O[C@H](CO)[C@@H](O)[C@H](N)[C@H]1O.O=C(N[C@H](CO)[C@H](O)c1ccc([N+](=O)[O-])cc1)C(Cl)Cl. The Labute approximate surface area is 352 Å². The number of rotatable bonds is 16. The van der Waals surface area contributed by atoms with Crippen molar-refractivity contribution in [3.8, 4) is 0 Å². The molecule has 1 saturated carbocycles. The molecule has 0 unspecified atom stereocenters. The van der Waals surface area contributed by atoms with Crippen LogP contribution >= 0.6 is 23.2 Å². The van der Waals surface area contributed by atoms with Crippen LogP contribution < -0.4 is 33.6 Å². The number of nitro groups is 1. The van der Waals surface area contributed by atoms with Crippen LogP contribution in [0.2, 0.25) is 0 Å². The van der Waals surface area contributed by atoms with Crippen molar-refractivity contribution in [2.24, 2.45) is 22.9 Å². The molecule has 0 bridgehead atoms. The Morgan fingerprint density at radius 1 is 0.850 bits per heavy atom. The van der Waals surface area contributed by atoms with Gasteiger partial charge in [0.1, 0.15) is 73.2 Å². The third-order valence-corrected chi connectivity index (χ3v) is 10.5. The Morgan fingerprint density at radius 3 is 1.97 bits per heavy atom. The summed E-state index contributed by atoms with van der Waals surface area (Å²) < 4.78 is 22.5. The zero-order valence-corrected chi connectivity index (χ0v) is 33.3. The number of nitrogens with zero attached hydrogens (tertiary/aromatic N) is 1. The predicted octanol–water partition coefficient (Wildman–Crippen LogP) is -7.52. The fourth-order valence-electron chi connectivity index (χ4n) is 6.56. The Morgan fingerprint density at radius 2 is 1.43 bits per heavy atom. The van der Waals surface area contributed by atoms with Gasteiger partial charge in [-0.2, -0.15) is 0 Å². The van der Waals surface area contributed by atoms with Gasteiger partial charge in [-0.3, -0.25) is 19.7 Å². The van der Waals surface area contributed by atoms with E-state index < -0.39 is 145 Å². The maximum atomic E-state index is 12.6. The average Bonchev–Trinajstić information content (AvgIpc) is 3.22. The molecule has 1 aromatic rings. The number of halogens is 2. The molecule has 1 aromatic carbocycles. The molecule has 20 N–H and O–H groups in total. The van der Waals surface area contributed by atoms with E-state index in [1.54, 1.807) is 0 Å². The molecule has 60 heavy (non-hydrogen) atoms. The van der Waals surface area contributed by atoms with Crippen LogP contribution in [0.5, 0.6) is 0 Å². The van der Waals surface area contributed by atoms with Crippen LogP contribution in [0.15, 0.2) is 24.3 Å². The maximum absolute atomic E-state index is 12.6. The van der Waals surface area contributed by atoms with Crippen LogP contribution in [0, 0.1) is 10.1 Å². The molecule has 3 aliphatic rings. The number of ether oxygens (including phenoxy) is 4. The van der Waals surface area contributed by atoms with Gasteiger partial charge in [0.05, 0.1) is 36.3 Å². The highest BCUT2D eigenvalue weighted by atomic mass is 35.5. The number of carbonyl (C=O) groups is 2. The Bertz CT molecular complexity index is 1510. The van der Waals surface area contributed by atoms with E-state index in [0.717, 1.165) is 0 Å². The molecule has 1 aliphatic carbocycles. The molecule has 2 heterocycles. The van der Waals surface area contributed by atoms with Crippen LogP contribution in [0.3, 0.4) is 0 Å². The number of carbonyl (C=O) groups excluding carboxylic acids is 2. The second kappa shape index (κ2) is 23.7. The lowest BCUT2D eigenvalue weighted by Crippen LogP contribution is -2.69. The molecule has 0 spiro atoms. The summed E-state index contributed by atoms with van der Waals surface area (Å²) in [7, 11) is 0. The number of non-ortho nitro benzene ring substituents is 1. The lowest BCUT2D eigenvalue weighted by molar-refractivity contribution is -0.384. The zero-order chi connectivity index (χ0) is 45.2. The standard InChI is InChI=1S/C22H43N5O13.C11H12Cl2N2O5/c23-2-1-8(29)20(36)27-7-3-6(25)18(39-22-16(34)15(33)13(31)9(4-24)37-22)17(35)19(7)40-21-14(32)11(26)12(30)10(5-28)38-21;12-10(13)11(18)14-8(5-16)9(17)6-1-3-7(4-2-6)15(19)20/h6-19,21-22,28-35H,1-5,23-26H2,(H,27,36);1-4,8-10,16-17H,5H2,(H,14,18)/t6-,7+,8-,9+,10+,11-,12+,13+,14+,15-,16+,17-,18+,19-,21+,22+;8-,9-/m01/s1. The highest BCUT2D eigenvalue weighted by Gasteiger charge is 2.52. The first kappa shape index (κ1) is 51.8. The van der Waals surface area contributed by atoms with Crippen molar-refractivity contribution in [3.05, 3.63) is 39.9 Å². The van der Waals surface area contributed by atoms with Crippen molar-refractivity contribution in [3.63, 3.8) is 0 Å². The van der Waals surface area contributed by atoms with E-state index in [1.807, 2.05) is 0 Å². The first-order valence-electron chi connectivity index (χ1n) is 18.5.